The first-order chi connectivity index (χ1) is 15.8. The van der Waals surface area contributed by atoms with Gasteiger partial charge in [0.1, 0.15) is 5.76 Å². The molecule has 0 saturated carbocycles. The van der Waals surface area contributed by atoms with Gasteiger partial charge in [0.25, 0.3) is 17.7 Å². The molecular formula is C25H22N2O6. The van der Waals surface area contributed by atoms with Gasteiger partial charge in [0.05, 0.1) is 29.5 Å². The van der Waals surface area contributed by atoms with Crippen molar-refractivity contribution in [1.82, 2.24) is 4.90 Å². The largest absolute Gasteiger partial charge is 0.467 e. The highest BCUT2D eigenvalue weighted by molar-refractivity contribution is 6.21. The van der Waals surface area contributed by atoms with Gasteiger partial charge in [0, 0.05) is 5.69 Å². The van der Waals surface area contributed by atoms with Gasteiger partial charge >= 0.3 is 5.97 Å². The van der Waals surface area contributed by atoms with Crippen LogP contribution >= 0.6 is 0 Å². The van der Waals surface area contributed by atoms with Crippen molar-refractivity contribution in [3.8, 4) is 0 Å². The van der Waals surface area contributed by atoms with Gasteiger partial charge in [0.2, 0.25) is 0 Å². The second-order valence-corrected chi connectivity index (χ2v) is 7.90. The van der Waals surface area contributed by atoms with Gasteiger partial charge in [-0.2, -0.15) is 0 Å². The Bertz CT molecular complexity index is 1230. The fourth-order valence-electron chi connectivity index (χ4n) is 3.63. The van der Waals surface area contributed by atoms with Gasteiger partial charge in [-0.15, -0.1) is 0 Å². The van der Waals surface area contributed by atoms with E-state index in [-0.39, 0.29) is 29.2 Å². The molecule has 8 nitrogen and oxygen atoms in total. The summed E-state index contributed by atoms with van der Waals surface area (Å²) < 4.78 is 10.3. The zero-order valence-corrected chi connectivity index (χ0v) is 18.2. The fraction of sp³-hybridized carbons (Fsp3) is 0.200. The number of carbonyl (C=O) groups excluding carboxylic acids is 4. The van der Waals surface area contributed by atoms with Gasteiger partial charge in [0.15, 0.2) is 6.61 Å². The zero-order chi connectivity index (χ0) is 23.5. The molecule has 0 radical (unpaired) electrons. The van der Waals surface area contributed by atoms with E-state index in [2.05, 4.69) is 5.32 Å². The molecular weight excluding hydrogens is 424 g/mol. The Labute approximate surface area is 190 Å². The second-order valence-electron chi connectivity index (χ2n) is 7.90. The molecule has 2 heterocycles. The number of anilines is 1. The Hall–Kier alpha value is -4.20. The van der Waals surface area contributed by atoms with Crippen molar-refractivity contribution in [1.29, 1.82) is 0 Å². The Morgan fingerprint density at radius 2 is 1.76 bits per heavy atom. The molecule has 33 heavy (non-hydrogen) atoms. The quantitative estimate of drug-likeness (QED) is 0.434. The molecule has 0 spiro atoms. The minimum Gasteiger partial charge on any atom is -0.467 e. The van der Waals surface area contributed by atoms with E-state index in [0.29, 0.717) is 11.4 Å². The lowest BCUT2D eigenvalue weighted by atomic mass is 10.0. The molecule has 3 amide bonds. The lowest BCUT2D eigenvalue weighted by molar-refractivity contribution is -0.119. The molecule has 0 atom stereocenters. The SMILES string of the molecule is CC(C)c1ccccc1NC(=O)COC(=O)c1ccc2c(c1)C(=O)N(Cc1ccco1)C2=O. The highest BCUT2D eigenvalue weighted by atomic mass is 16.5. The average molecular weight is 446 g/mol. The molecule has 4 rings (SSSR count). The number of esters is 1. The Morgan fingerprint density at radius 1 is 1.00 bits per heavy atom. The van der Waals surface area contributed by atoms with Crippen molar-refractivity contribution in [2.45, 2.75) is 26.3 Å². The van der Waals surface area contributed by atoms with Crippen LogP contribution in [-0.4, -0.2) is 35.2 Å². The third-order valence-corrected chi connectivity index (χ3v) is 5.29. The summed E-state index contributed by atoms with van der Waals surface area (Å²) in [6.45, 7) is 3.54. The van der Waals surface area contributed by atoms with Crippen LogP contribution in [-0.2, 0) is 16.1 Å². The number of hydrogen-bond donors (Lipinski definition) is 1. The van der Waals surface area contributed by atoms with E-state index in [0.717, 1.165) is 10.5 Å². The van der Waals surface area contributed by atoms with Crippen LogP contribution in [0.3, 0.4) is 0 Å². The molecule has 0 bridgehead atoms. The van der Waals surface area contributed by atoms with E-state index < -0.39 is 30.3 Å². The van der Waals surface area contributed by atoms with Crippen molar-refractivity contribution in [2.75, 3.05) is 11.9 Å². The first-order valence-corrected chi connectivity index (χ1v) is 10.4. The molecule has 1 aromatic heterocycles. The molecule has 1 aliphatic rings. The molecule has 0 saturated heterocycles. The summed E-state index contributed by atoms with van der Waals surface area (Å²) in [7, 11) is 0. The summed E-state index contributed by atoms with van der Waals surface area (Å²) in [4.78, 5) is 51.1. The minimum atomic E-state index is -0.769. The highest BCUT2D eigenvalue weighted by Gasteiger charge is 2.36. The smallest absolute Gasteiger partial charge is 0.338 e. The molecule has 3 aromatic rings. The predicted molar refractivity (Wildman–Crippen MR) is 119 cm³/mol. The number of nitrogens with one attached hydrogen (secondary N) is 1. The Kier molecular flexibility index (Phi) is 6.08. The molecule has 8 heteroatoms. The summed E-state index contributed by atoms with van der Waals surface area (Å²) in [5.41, 5.74) is 2.01. The third kappa shape index (κ3) is 4.55. The van der Waals surface area contributed by atoms with Crippen molar-refractivity contribution >= 4 is 29.4 Å². The van der Waals surface area contributed by atoms with Crippen LogP contribution in [0.25, 0.3) is 0 Å². The Balaban J connectivity index is 1.40. The number of rotatable bonds is 7. The van der Waals surface area contributed by atoms with Gasteiger partial charge in [-0.3, -0.25) is 19.3 Å². The van der Waals surface area contributed by atoms with E-state index in [1.807, 2.05) is 32.0 Å². The molecule has 0 unspecified atom stereocenters. The molecule has 2 aromatic carbocycles. The maximum Gasteiger partial charge on any atom is 0.338 e. The van der Waals surface area contributed by atoms with Crippen molar-refractivity contribution in [2.24, 2.45) is 0 Å². The van der Waals surface area contributed by atoms with Crippen molar-refractivity contribution in [3.63, 3.8) is 0 Å². The molecule has 168 valence electrons. The van der Waals surface area contributed by atoms with Crippen molar-refractivity contribution < 1.29 is 28.3 Å². The van der Waals surface area contributed by atoms with E-state index in [1.165, 1.54) is 24.5 Å². The first kappa shape index (κ1) is 22.0. The summed E-state index contributed by atoms with van der Waals surface area (Å²) in [5, 5.41) is 2.75. The molecule has 0 aliphatic carbocycles. The van der Waals surface area contributed by atoms with Gasteiger partial charge in [-0.1, -0.05) is 32.0 Å². The normalized spacial score (nSPS) is 12.8. The maximum atomic E-state index is 12.7. The van der Waals surface area contributed by atoms with E-state index in [4.69, 9.17) is 9.15 Å². The number of ether oxygens (including phenoxy) is 1. The average Bonchev–Trinajstić information content (AvgIpc) is 3.40. The number of carbonyl (C=O) groups is 4. The first-order valence-electron chi connectivity index (χ1n) is 10.4. The lowest BCUT2D eigenvalue weighted by Gasteiger charge is -2.13. The summed E-state index contributed by atoms with van der Waals surface area (Å²) in [6, 6.07) is 14.9. The highest BCUT2D eigenvalue weighted by Crippen LogP contribution is 2.26. The standard InChI is InChI=1S/C25H22N2O6/c1-15(2)18-7-3-4-8-21(18)26-22(28)14-33-25(31)16-9-10-19-20(12-16)24(30)27(23(19)29)13-17-6-5-11-32-17/h3-12,15H,13-14H2,1-2H3,(H,26,28). The van der Waals surface area contributed by atoms with Crippen LogP contribution in [0.5, 0.6) is 0 Å². The fourth-order valence-corrected chi connectivity index (χ4v) is 3.63. The summed E-state index contributed by atoms with van der Waals surface area (Å²) >= 11 is 0. The van der Waals surface area contributed by atoms with Crippen molar-refractivity contribution in [3.05, 3.63) is 88.9 Å². The van der Waals surface area contributed by atoms with E-state index in [1.54, 1.807) is 18.2 Å². The van der Waals surface area contributed by atoms with E-state index >= 15 is 0 Å². The van der Waals surface area contributed by atoms with Crippen LogP contribution in [0, 0.1) is 0 Å². The number of imide groups is 1. The van der Waals surface area contributed by atoms with E-state index in [9.17, 15) is 19.2 Å². The molecule has 0 fully saturated rings. The number of furan rings is 1. The topological polar surface area (TPSA) is 106 Å². The second kappa shape index (κ2) is 9.12. The van der Waals surface area contributed by atoms with Gasteiger partial charge in [-0.25, -0.2) is 4.79 Å². The Morgan fingerprint density at radius 3 is 2.48 bits per heavy atom. The number of amides is 3. The zero-order valence-electron chi connectivity index (χ0n) is 18.2. The minimum absolute atomic E-state index is 0.00283. The summed E-state index contributed by atoms with van der Waals surface area (Å²) in [6.07, 6.45) is 1.46. The number of para-hydroxylation sites is 1. The van der Waals surface area contributed by atoms with Gasteiger partial charge in [-0.05, 0) is 47.9 Å². The monoisotopic (exact) mass is 446 g/mol. The van der Waals surface area contributed by atoms with Crippen LogP contribution in [0.2, 0.25) is 0 Å². The van der Waals surface area contributed by atoms with Crippen LogP contribution in [0.15, 0.2) is 65.3 Å². The number of hydrogen-bond acceptors (Lipinski definition) is 6. The maximum absolute atomic E-state index is 12.7. The third-order valence-electron chi connectivity index (χ3n) is 5.29. The molecule has 1 aliphatic heterocycles. The number of benzene rings is 2. The molecule has 1 N–H and O–H groups in total. The van der Waals surface area contributed by atoms with Crippen LogP contribution in [0.1, 0.15) is 62.2 Å². The van der Waals surface area contributed by atoms with Crippen LogP contribution < -0.4 is 5.32 Å². The lowest BCUT2D eigenvalue weighted by Crippen LogP contribution is -2.28. The summed E-state index contributed by atoms with van der Waals surface area (Å²) in [5.74, 6) is -1.56. The van der Waals surface area contributed by atoms with Gasteiger partial charge < -0.3 is 14.5 Å². The predicted octanol–water partition coefficient (Wildman–Crippen LogP) is 3.99. The van der Waals surface area contributed by atoms with Crippen LogP contribution in [0.4, 0.5) is 5.69 Å². The number of fused-ring (bicyclic) bond motifs is 1. The number of nitrogens with zero attached hydrogens (tertiary/aromatic N) is 1.